The number of carbonyl (C=O) groups excluding carboxylic acids is 2. The number of hydrogen-bond acceptors (Lipinski definition) is 6. The molecule has 8 heteroatoms. The first-order valence-corrected chi connectivity index (χ1v) is 7.71. The summed E-state index contributed by atoms with van der Waals surface area (Å²) in [5.74, 6) is 0.817. The minimum Gasteiger partial charge on any atom is -0.493 e. The molecule has 0 aliphatic carbocycles. The Morgan fingerprint density at radius 3 is 1.92 bits per heavy atom. The van der Waals surface area contributed by atoms with Crippen molar-refractivity contribution in [3.63, 3.8) is 0 Å². The molecule has 1 aromatic carbocycles. The largest absolute Gasteiger partial charge is 0.493 e. The van der Waals surface area contributed by atoms with Crippen molar-refractivity contribution in [1.29, 1.82) is 0 Å². The highest BCUT2D eigenvalue weighted by atomic mass is 16.6. The number of carbonyl (C=O) groups is 2. The minimum atomic E-state index is -0.797. The first-order valence-electron chi connectivity index (χ1n) is 7.71. The van der Waals surface area contributed by atoms with Crippen LogP contribution in [0.15, 0.2) is 12.1 Å². The standard InChI is InChI=1S/C17H26N2O6/c1-10(18-16(21)25-17(2,3)4)15(20)19-11-8-12(22-5)14(24-7)13(9-11)23-6/h8-10H,1-7H3,(H,18,21)(H,19,20). The molecule has 0 saturated heterocycles. The van der Waals surface area contributed by atoms with Crippen LogP contribution in [-0.2, 0) is 9.53 Å². The quantitative estimate of drug-likeness (QED) is 0.815. The van der Waals surface area contributed by atoms with E-state index in [1.807, 2.05) is 0 Å². The molecule has 1 rings (SSSR count). The van der Waals surface area contributed by atoms with Crippen molar-refractivity contribution in [2.75, 3.05) is 26.6 Å². The molecule has 0 aromatic heterocycles. The van der Waals surface area contributed by atoms with Crippen LogP contribution in [0, 0.1) is 0 Å². The maximum absolute atomic E-state index is 12.3. The summed E-state index contributed by atoms with van der Waals surface area (Å²) in [6.45, 7) is 6.78. The lowest BCUT2D eigenvalue weighted by Gasteiger charge is -2.22. The fourth-order valence-electron chi connectivity index (χ4n) is 1.95. The second-order valence-corrected chi connectivity index (χ2v) is 6.27. The summed E-state index contributed by atoms with van der Waals surface area (Å²) in [5.41, 5.74) is -0.200. The lowest BCUT2D eigenvalue weighted by atomic mass is 10.2. The molecule has 0 fully saturated rings. The Kier molecular flexibility index (Phi) is 6.90. The van der Waals surface area contributed by atoms with Crippen molar-refractivity contribution in [3.05, 3.63) is 12.1 Å². The number of hydrogen-bond donors (Lipinski definition) is 2. The van der Waals surface area contributed by atoms with E-state index < -0.39 is 23.6 Å². The second-order valence-electron chi connectivity index (χ2n) is 6.27. The van der Waals surface area contributed by atoms with Gasteiger partial charge in [-0.2, -0.15) is 0 Å². The molecule has 0 spiro atoms. The van der Waals surface area contributed by atoms with E-state index in [-0.39, 0.29) is 0 Å². The van der Waals surface area contributed by atoms with Crippen LogP contribution in [0.3, 0.4) is 0 Å². The van der Waals surface area contributed by atoms with Gasteiger partial charge in [-0.15, -0.1) is 0 Å². The predicted octanol–water partition coefficient (Wildman–Crippen LogP) is 2.56. The van der Waals surface area contributed by atoms with E-state index in [1.54, 1.807) is 39.8 Å². The molecule has 2 N–H and O–H groups in total. The predicted molar refractivity (Wildman–Crippen MR) is 93.6 cm³/mol. The minimum absolute atomic E-state index is 0.407. The van der Waals surface area contributed by atoms with Crippen LogP contribution >= 0.6 is 0 Å². The van der Waals surface area contributed by atoms with Gasteiger partial charge in [0.05, 0.1) is 21.3 Å². The van der Waals surface area contributed by atoms with Gasteiger partial charge in [-0.3, -0.25) is 4.79 Å². The van der Waals surface area contributed by atoms with Crippen LogP contribution in [0.4, 0.5) is 10.5 Å². The van der Waals surface area contributed by atoms with E-state index in [2.05, 4.69) is 10.6 Å². The van der Waals surface area contributed by atoms with Gasteiger partial charge in [0.1, 0.15) is 11.6 Å². The zero-order valence-corrected chi connectivity index (χ0v) is 15.7. The van der Waals surface area contributed by atoms with Gasteiger partial charge in [-0.05, 0) is 27.7 Å². The molecular formula is C17H26N2O6. The Morgan fingerprint density at radius 2 is 1.52 bits per heavy atom. The fraction of sp³-hybridized carbons (Fsp3) is 0.529. The number of anilines is 1. The Bertz CT molecular complexity index is 599. The van der Waals surface area contributed by atoms with Crippen molar-refractivity contribution in [2.45, 2.75) is 39.3 Å². The molecule has 1 aromatic rings. The van der Waals surface area contributed by atoms with E-state index in [4.69, 9.17) is 18.9 Å². The molecule has 140 valence electrons. The summed E-state index contributed by atoms with van der Waals surface area (Å²) in [6, 6.07) is 2.40. The molecule has 2 amide bonds. The van der Waals surface area contributed by atoms with Crippen LogP contribution in [0.1, 0.15) is 27.7 Å². The Hall–Kier alpha value is -2.64. The maximum Gasteiger partial charge on any atom is 0.408 e. The highest BCUT2D eigenvalue weighted by Gasteiger charge is 2.22. The Balaban J connectivity index is 2.84. The van der Waals surface area contributed by atoms with Crippen LogP contribution < -0.4 is 24.8 Å². The van der Waals surface area contributed by atoms with Crippen LogP contribution in [-0.4, -0.2) is 45.0 Å². The van der Waals surface area contributed by atoms with E-state index in [1.165, 1.54) is 21.3 Å². The van der Waals surface area contributed by atoms with Crippen molar-refractivity contribution in [2.24, 2.45) is 0 Å². The van der Waals surface area contributed by atoms with Crippen LogP contribution in [0.25, 0.3) is 0 Å². The lowest BCUT2D eigenvalue weighted by Crippen LogP contribution is -2.43. The van der Waals surface area contributed by atoms with Gasteiger partial charge in [-0.25, -0.2) is 4.79 Å². The molecule has 0 saturated carbocycles. The Labute approximate surface area is 147 Å². The van der Waals surface area contributed by atoms with Gasteiger partial charge >= 0.3 is 6.09 Å². The number of benzene rings is 1. The maximum atomic E-state index is 12.3. The first-order chi connectivity index (χ1) is 11.6. The summed E-state index contributed by atoms with van der Waals surface area (Å²) < 4.78 is 20.8. The highest BCUT2D eigenvalue weighted by molar-refractivity contribution is 5.96. The van der Waals surface area contributed by atoms with E-state index >= 15 is 0 Å². The molecule has 0 radical (unpaired) electrons. The average molecular weight is 354 g/mol. The molecule has 1 unspecified atom stereocenters. The fourth-order valence-corrected chi connectivity index (χ4v) is 1.95. The third kappa shape index (κ3) is 6.06. The molecular weight excluding hydrogens is 328 g/mol. The molecule has 8 nitrogen and oxygen atoms in total. The molecule has 0 heterocycles. The number of nitrogens with one attached hydrogen (secondary N) is 2. The van der Waals surface area contributed by atoms with Crippen molar-refractivity contribution in [3.8, 4) is 17.2 Å². The van der Waals surface area contributed by atoms with Gasteiger partial charge in [0.15, 0.2) is 11.5 Å². The monoisotopic (exact) mass is 354 g/mol. The van der Waals surface area contributed by atoms with Gasteiger partial charge in [-0.1, -0.05) is 0 Å². The molecule has 25 heavy (non-hydrogen) atoms. The third-order valence-electron chi connectivity index (χ3n) is 3.06. The topological polar surface area (TPSA) is 95.1 Å². The van der Waals surface area contributed by atoms with Gasteiger partial charge in [0, 0.05) is 17.8 Å². The average Bonchev–Trinajstić information content (AvgIpc) is 2.51. The molecule has 0 aliphatic heterocycles. The van der Waals surface area contributed by atoms with E-state index in [0.717, 1.165) is 0 Å². The van der Waals surface area contributed by atoms with Crippen molar-refractivity contribution < 1.29 is 28.5 Å². The van der Waals surface area contributed by atoms with E-state index in [9.17, 15) is 9.59 Å². The second kappa shape index (κ2) is 8.46. The first kappa shape index (κ1) is 20.4. The number of ether oxygens (including phenoxy) is 4. The Morgan fingerprint density at radius 1 is 1.00 bits per heavy atom. The zero-order valence-electron chi connectivity index (χ0n) is 15.7. The summed E-state index contributed by atoms with van der Waals surface area (Å²) in [4.78, 5) is 24.0. The lowest BCUT2D eigenvalue weighted by molar-refractivity contribution is -0.117. The summed E-state index contributed by atoms with van der Waals surface area (Å²) in [6.07, 6.45) is -0.667. The number of methoxy groups -OCH3 is 3. The summed E-state index contributed by atoms with van der Waals surface area (Å²) in [7, 11) is 4.45. The highest BCUT2D eigenvalue weighted by Crippen LogP contribution is 2.39. The third-order valence-corrected chi connectivity index (χ3v) is 3.06. The molecule has 0 aliphatic rings. The van der Waals surface area contributed by atoms with Crippen LogP contribution in [0.2, 0.25) is 0 Å². The summed E-state index contributed by atoms with van der Waals surface area (Å²) in [5, 5.41) is 5.16. The van der Waals surface area contributed by atoms with Gasteiger partial charge < -0.3 is 29.6 Å². The van der Waals surface area contributed by atoms with Crippen LogP contribution in [0.5, 0.6) is 17.2 Å². The zero-order chi connectivity index (χ0) is 19.2. The van der Waals surface area contributed by atoms with Gasteiger partial charge in [0.2, 0.25) is 11.7 Å². The van der Waals surface area contributed by atoms with E-state index in [0.29, 0.717) is 22.9 Å². The normalized spacial score (nSPS) is 12.0. The number of rotatable bonds is 6. The van der Waals surface area contributed by atoms with Crippen molar-refractivity contribution in [1.82, 2.24) is 5.32 Å². The molecule has 0 bridgehead atoms. The summed E-state index contributed by atoms with van der Waals surface area (Å²) >= 11 is 0. The number of alkyl carbamates (subject to hydrolysis) is 1. The smallest absolute Gasteiger partial charge is 0.408 e. The van der Waals surface area contributed by atoms with Crippen molar-refractivity contribution >= 4 is 17.7 Å². The van der Waals surface area contributed by atoms with Gasteiger partial charge in [0.25, 0.3) is 0 Å². The SMILES string of the molecule is COc1cc(NC(=O)C(C)NC(=O)OC(C)(C)C)cc(OC)c1OC. The molecule has 1 atom stereocenters. The number of amides is 2.